The van der Waals surface area contributed by atoms with E-state index in [0.717, 1.165) is 23.1 Å². The van der Waals surface area contributed by atoms with Crippen molar-refractivity contribution >= 4 is 17.0 Å². The molecule has 3 rings (SSSR count). The van der Waals surface area contributed by atoms with Crippen LogP contribution in [0.3, 0.4) is 0 Å². The van der Waals surface area contributed by atoms with Gasteiger partial charge in [0.2, 0.25) is 5.82 Å². The summed E-state index contributed by atoms with van der Waals surface area (Å²) in [5, 5.41) is 8.89. The van der Waals surface area contributed by atoms with E-state index in [1.807, 2.05) is 36.5 Å². The van der Waals surface area contributed by atoms with Crippen molar-refractivity contribution in [2.24, 2.45) is 0 Å². The lowest BCUT2D eigenvalue weighted by Gasteiger charge is -2.00. The summed E-state index contributed by atoms with van der Waals surface area (Å²) in [6, 6.07) is 9.60. The first kappa shape index (κ1) is 11.4. The number of nitrogens with one attached hydrogen (secondary N) is 1. The van der Waals surface area contributed by atoms with Crippen molar-refractivity contribution in [2.45, 2.75) is 6.42 Å². The van der Waals surface area contributed by atoms with Gasteiger partial charge in [0.1, 0.15) is 0 Å². The van der Waals surface area contributed by atoms with Crippen molar-refractivity contribution in [2.75, 3.05) is 0 Å². The van der Waals surface area contributed by atoms with Crippen LogP contribution in [0.5, 0.6) is 0 Å². The largest absolute Gasteiger partial charge is 0.475 e. The van der Waals surface area contributed by atoms with E-state index in [1.54, 1.807) is 6.20 Å². The van der Waals surface area contributed by atoms with E-state index in [9.17, 15) is 4.79 Å². The fourth-order valence-electron chi connectivity index (χ4n) is 2.00. The third-order valence-electron chi connectivity index (χ3n) is 2.88. The molecule has 5 nitrogen and oxygen atoms in total. The number of hydrogen-bond donors (Lipinski definition) is 2. The third kappa shape index (κ3) is 2.30. The highest BCUT2D eigenvalue weighted by Gasteiger charge is 2.09. The standard InChI is InChI=1S/C14H11N3O2/c18-14(19)13-16-11-4-3-9(7-12(11)17-13)6-10-2-1-5-15-8-10/h1-5,7-8H,6H2,(H,16,17)(H,18,19). The number of nitrogens with zero attached hydrogens (tertiary/aromatic N) is 2. The number of carboxylic acids is 1. The molecule has 2 N–H and O–H groups in total. The van der Waals surface area contributed by atoms with Crippen LogP contribution in [0.4, 0.5) is 0 Å². The SMILES string of the molecule is O=C(O)c1nc2cc(Cc3cccnc3)ccc2[nH]1. The molecule has 2 heterocycles. The fraction of sp³-hybridized carbons (Fsp3) is 0.0714. The lowest BCUT2D eigenvalue weighted by Crippen LogP contribution is -1.97. The van der Waals surface area contributed by atoms with E-state index in [0.29, 0.717) is 5.52 Å². The molecule has 0 unspecified atom stereocenters. The van der Waals surface area contributed by atoms with Gasteiger partial charge >= 0.3 is 5.97 Å². The number of carboxylic acid groups (broad SMARTS) is 1. The number of fused-ring (bicyclic) bond motifs is 1. The Kier molecular flexibility index (Phi) is 2.72. The van der Waals surface area contributed by atoms with Crippen molar-refractivity contribution in [3.8, 4) is 0 Å². The van der Waals surface area contributed by atoms with Gasteiger partial charge in [0.25, 0.3) is 0 Å². The van der Waals surface area contributed by atoms with Gasteiger partial charge < -0.3 is 10.1 Å². The van der Waals surface area contributed by atoms with Crippen LogP contribution in [0, 0.1) is 0 Å². The minimum absolute atomic E-state index is 0.0338. The summed E-state index contributed by atoms with van der Waals surface area (Å²) in [4.78, 5) is 21.7. The molecule has 2 aromatic heterocycles. The summed E-state index contributed by atoms with van der Waals surface area (Å²) < 4.78 is 0. The molecule has 19 heavy (non-hydrogen) atoms. The van der Waals surface area contributed by atoms with Gasteiger partial charge in [-0.05, 0) is 35.7 Å². The van der Waals surface area contributed by atoms with Crippen LogP contribution in [0.2, 0.25) is 0 Å². The highest BCUT2D eigenvalue weighted by atomic mass is 16.4. The van der Waals surface area contributed by atoms with Crippen molar-refractivity contribution in [3.05, 3.63) is 59.7 Å². The number of rotatable bonds is 3. The van der Waals surface area contributed by atoms with Gasteiger partial charge in [-0.15, -0.1) is 0 Å². The number of aromatic nitrogens is 3. The lowest BCUT2D eigenvalue weighted by molar-refractivity contribution is 0.0685. The molecule has 1 aromatic carbocycles. The predicted octanol–water partition coefficient (Wildman–Crippen LogP) is 2.25. The summed E-state index contributed by atoms with van der Waals surface area (Å²) >= 11 is 0. The van der Waals surface area contributed by atoms with Crippen LogP contribution in [0.1, 0.15) is 21.7 Å². The van der Waals surface area contributed by atoms with Gasteiger partial charge in [0.05, 0.1) is 11.0 Å². The van der Waals surface area contributed by atoms with E-state index in [4.69, 9.17) is 5.11 Å². The Morgan fingerprint density at radius 3 is 2.89 bits per heavy atom. The Bertz CT molecular complexity index is 735. The summed E-state index contributed by atoms with van der Waals surface area (Å²) in [7, 11) is 0. The second kappa shape index (κ2) is 4.53. The first-order chi connectivity index (χ1) is 9.22. The van der Waals surface area contributed by atoms with Gasteiger partial charge in [0.15, 0.2) is 0 Å². The van der Waals surface area contributed by atoms with Crippen LogP contribution >= 0.6 is 0 Å². The van der Waals surface area contributed by atoms with Crippen LogP contribution in [0.25, 0.3) is 11.0 Å². The molecule has 0 amide bonds. The number of benzene rings is 1. The molecule has 0 aliphatic rings. The van der Waals surface area contributed by atoms with Crippen molar-refractivity contribution in [1.82, 2.24) is 15.0 Å². The van der Waals surface area contributed by atoms with Gasteiger partial charge in [-0.2, -0.15) is 0 Å². The Hall–Kier alpha value is -2.69. The molecule has 0 radical (unpaired) electrons. The Balaban J connectivity index is 1.95. The maximum absolute atomic E-state index is 10.8. The van der Waals surface area contributed by atoms with Crippen LogP contribution < -0.4 is 0 Å². The summed E-state index contributed by atoms with van der Waals surface area (Å²) in [6.07, 6.45) is 4.30. The zero-order chi connectivity index (χ0) is 13.2. The zero-order valence-corrected chi connectivity index (χ0v) is 10.00. The van der Waals surface area contributed by atoms with E-state index in [1.165, 1.54) is 0 Å². The van der Waals surface area contributed by atoms with Gasteiger partial charge in [-0.3, -0.25) is 4.98 Å². The maximum atomic E-state index is 10.8. The number of H-pyrrole nitrogens is 1. The Morgan fingerprint density at radius 1 is 1.26 bits per heavy atom. The molecule has 0 fully saturated rings. The fourth-order valence-corrected chi connectivity index (χ4v) is 2.00. The lowest BCUT2D eigenvalue weighted by atomic mass is 10.1. The molecule has 94 valence electrons. The molecule has 3 aromatic rings. The molecule has 0 atom stereocenters. The number of hydrogen-bond acceptors (Lipinski definition) is 3. The molecule has 0 aliphatic heterocycles. The number of imidazole rings is 1. The van der Waals surface area contributed by atoms with Crippen molar-refractivity contribution in [1.29, 1.82) is 0 Å². The molecular weight excluding hydrogens is 242 g/mol. The van der Waals surface area contributed by atoms with Crippen LogP contribution in [-0.2, 0) is 6.42 Å². The number of aromatic amines is 1. The number of carbonyl (C=O) groups is 1. The van der Waals surface area contributed by atoms with E-state index in [-0.39, 0.29) is 5.82 Å². The Morgan fingerprint density at radius 2 is 2.16 bits per heavy atom. The highest BCUT2D eigenvalue weighted by Crippen LogP contribution is 2.16. The third-order valence-corrected chi connectivity index (χ3v) is 2.88. The van der Waals surface area contributed by atoms with Gasteiger partial charge in [0, 0.05) is 12.4 Å². The maximum Gasteiger partial charge on any atom is 0.371 e. The molecule has 0 bridgehead atoms. The second-order valence-electron chi connectivity index (χ2n) is 4.28. The number of aromatic carboxylic acids is 1. The minimum atomic E-state index is -1.05. The zero-order valence-electron chi connectivity index (χ0n) is 10.00. The summed E-state index contributed by atoms with van der Waals surface area (Å²) in [5.41, 5.74) is 3.57. The van der Waals surface area contributed by atoms with Gasteiger partial charge in [-0.25, -0.2) is 9.78 Å². The van der Waals surface area contributed by atoms with Crippen molar-refractivity contribution in [3.63, 3.8) is 0 Å². The first-order valence-electron chi connectivity index (χ1n) is 5.83. The predicted molar refractivity (Wildman–Crippen MR) is 70.1 cm³/mol. The van der Waals surface area contributed by atoms with E-state index < -0.39 is 5.97 Å². The topological polar surface area (TPSA) is 78.9 Å². The normalized spacial score (nSPS) is 10.7. The molecule has 0 saturated heterocycles. The average Bonchev–Trinajstić information content (AvgIpc) is 2.83. The van der Waals surface area contributed by atoms with Crippen LogP contribution in [0.15, 0.2) is 42.7 Å². The monoisotopic (exact) mass is 253 g/mol. The van der Waals surface area contributed by atoms with Crippen molar-refractivity contribution < 1.29 is 9.90 Å². The summed E-state index contributed by atoms with van der Waals surface area (Å²) in [5.74, 6) is -1.08. The molecular formula is C14H11N3O2. The first-order valence-corrected chi connectivity index (χ1v) is 5.83. The Labute approximate surface area is 109 Å². The smallest absolute Gasteiger partial charge is 0.371 e. The molecule has 0 saturated carbocycles. The number of pyridine rings is 1. The quantitative estimate of drug-likeness (QED) is 0.750. The van der Waals surface area contributed by atoms with Crippen LogP contribution in [-0.4, -0.2) is 26.0 Å². The average molecular weight is 253 g/mol. The summed E-state index contributed by atoms with van der Waals surface area (Å²) in [6.45, 7) is 0. The molecule has 5 heteroatoms. The molecule has 0 spiro atoms. The second-order valence-corrected chi connectivity index (χ2v) is 4.28. The van der Waals surface area contributed by atoms with Gasteiger partial charge in [-0.1, -0.05) is 12.1 Å². The van der Waals surface area contributed by atoms with E-state index in [2.05, 4.69) is 15.0 Å². The van der Waals surface area contributed by atoms with E-state index >= 15 is 0 Å². The minimum Gasteiger partial charge on any atom is -0.475 e. The molecule has 0 aliphatic carbocycles. The highest BCUT2D eigenvalue weighted by molar-refractivity contribution is 5.89.